The van der Waals surface area contributed by atoms with Gasteiger partial charge in [-0.05, 0) is 62.1 Å². The summed E-state index contributed by atoms with van der Waals surface area (Å²) in [6.45, 7) is -1.20. The molecule has 0 N–H and O–H groups in total. The van der Waals surface area contributed by atoms with Crippen molar-refractivity contribution in [2.24, 2.45) is 11.8 Å². The number of hydrogen-bond donors (Lipinski definition) is 0. The van der Waals surface area contributed by atoms with Crippen molar-refractivity contribution in [1.29, 1.82) is 0 Å². The minimum atomic E-state index is -3.18. The standard InChI is InChI=1S/C19H24F4O2/c1-2-3-14-4-6-15(7-5-14)12-19(22,23)24-13-16-8-10-17(11-9-16)25-18(20)21/h2-3,8-11,14-15,18H,4-7,12-13H2,1H3. The second-order valence-corrected chi connectivity index (χ2v) is 6.46. The largest absolute Gasteiger partial charge is 0.435 e. The normalized spacial score (nSPS) is 21.8. The molecule has 1 aliphatic carbocycles. The van der Waals surface area contributed by atoms with Crippen LogP contribution in [0.4, 0.5) is 17.6 Å². The van der Waals surface area contributed by atoms with Gasteiger partial charge >= 0.3 is 12.7 Å². The lowest BCUT2D eigenvalue weighted by molar-refractivity contribution is -0.256. The van der Waals surface area contributed by atoms with E-state index in [1.165, 1.54) is 24.3 Å². The first-order valence-corrected chi connectivity index (χ1v) is 8.56. The van der Waals surface area contributed by atoms with Crippen LogP contribution >= 0.6 is 0 Å². The number of halogens is 4. The Morgan fingerprint density at radius 2 is 1.76 bits per heavy atom. The summed E-state index contributed by atoms with van der Waals surface area (Å²) < 4.78 is 61.2. The zero-order valence-electron chi connectivity index (χ0n) is 14.3. The molecule has 0 unspecified atom stereocenters. The van der Waals surface area contributed by atoms with Gasteiger partial charge in [-0.25, -0.2) is 0 Å². The van der Waals surface area contributed by atoms with Gasteiger partial charge in [0.2, 0.25) is 0 Å². The van der Waals surface area contributed by atoms with Crippen LogP contribution in [0.5, 0.6) is 5.75 Å². The van der Waals surface area contributed by atoms with E-state index >= 15 is 0 Å². The molecular formula is C19H24F4O2. The van der Waals surface area contributed by atoms with E-state index in [2.05, 4.69) is 10.8 Å². The number of hydrogen-bond acceptors (Lipinski definition) is 2. The molecule has 0 aromatic heterocycles. The van der Waals surface area contributed by atoms with Crippen molar-refractivity contribution in [3.63, 3.8) is 0 Å². The molecule has 140 valence electrons. The molecule has 1 aliphatic rings. The summed E-state index contributed by atoms with van der Waals surface area (Å²) in [5.41, 5.74) is 0.484. The molecular weight excluding hydrogens is 336 g/mol. The van der Waals surface area contributed by atoms with Crippen LogP contribution in [-0.4, -0.2) is 12.7 Å². The Labute approximate surface area is 145 Å². The number of ether oxygens (including phenoxy) is 2. The van der Waals surface area contributed by atoms with Crippen LogP contribution in [0.2, 0.25) is 0 Å². The van der Waals surface area contributed by atoms with Gasteiger partial charge in [0.05, 0.1) is 6.61 Å². The van der Waals surface area contributed by atoms with Crippen molar-refractivity contribution in [2.45, 2.75) is 58.4 Å². The fourth-order valence-electron chi connectivity index (χ4n) is 3.21. The van der Waals surface area contributed by atoms with Crippen LogP contribution in [0.15, 0.2) is 36.4 Å². The van der Waals surface area contributed by atoms with E-state index in [9.17, 15) is 17.6 Å². The Balaban J connectivity index is 1.77. The molecule has 0 saturated heterocycles. The molecule has 0 heterocycles. The average molecular weight is 360 g/mol. The first-order chi connectivity index (χ1) is 11.9. The first kappa shape index (κ1) is 19.8. The maximum atomic E-state index is 14.0. The lowest BCUT2D eigenvalue weighted by Crippen LogP contribution is -2.26. The van der Waals surface area contributed by atoms with Crippen LogP contribution in [0.25, 0.3) is 0 Å². The number of benzene rings is 1. The number of allylic oxidation sites excluding steroid dienone is 2. The second kappa shape index (κ2) is 9.22. The van der Waals surface area contributed by atoms with Gasteiger partial charge in [0.1, 0.15) is 5.75 Å². The molecule has 1 saturated carbocycles. The van der Waals surface area contributed by atoms with Crippen molar-refractivity contribution in [3.05, 3.63) is 42.0 Å². The van der Waals surface area contributed by atoms with Crippen LogP contribution in [0.3, 0.4) is 0 Å². The van der Waals surface area contributed by atoms with E-state index in [1.54, 1.807) is 0 Å². The fourth-order valence-corrected chi connectivity index (χ4v) is 3.21. The Morgan fingerprint density at radius 1 is 1.12 bits per heavy atom. The van der Waals surface area contributed by atoms with Crippen molar-refractivity contribution in [3.8, 4) is 5.75 Å². The number of rotatable bonds is 8. The Kier molecular flexibility index (Phi) is 7.29. The maximum absolute atomic E-state index is 14.0. The van der Waals surface area contributed by atoms with Gasteiger partial charge in [-0.3, -0.25) is 0 Å². The zero-order chi connectivity index (χ0) is 18.3. The van der Waals surface area contributed by atoms with Crippen LogP contribution in [-0.2, 0) is 11.3 Å². The average Bonchev–Trinajstić information content (AvgIpc) is 2.56. The smallest absolute Gasteiger partial charge is 0.387 e. The molecule has 0 bridgehead atoms. The van der Waals surface area contributed by atoms with Crippen LogP contribution < -0.4 is 4.74 Å². The van der Waals surface area contributed by atoms with Gasteiger partial charge in [-0.1, -0.05) is 24.3 Å². The molecule has 0 spiro atoms. The lowest BCUT2D eigenvalue weighted by Gasteiger charge is -2.29. The fraction of sp³-hybridized carbons (Fsp3) is 0.579. The summed E-state index contributed by atoms with van der Waals surface area (Å²) >= 11 is 0. The highest BCUT2D eigenvalue weighted by molar-refractivity contribution is 5.26. The highest BCUT2D eigenvalue weighted by Gasteiger charge is 2.35. The second-order valence-electron chi connectivity index (χ2n) is 6.46. The predicted molar refractivity (Wildman–Crippen MR) is 87.7 cm³/mol. The molecule has 1 aromatic rings. The summed E-state index contributed by atoms with van der Waals surface area (Å²) in [4.78, 5) is 0. The van der Waals surface area contributed by atoms with Crippen molar-refractivity contribution in [1.82, 2.24) is 0 Å². The summed E-state index contributed by atoms with van der Waals surface area (Å²) in [6, 6.07) is 5.50. The summed E-state index contributed by atoms with van der Waals surface area (Å²) in [5, 5.41) is 0. The molecule has 0 amide bonds. The summed E-state index contributed by atoms with van der Waals surface area (Å²) in [7, 11) is 0. The lowest BCUT2D eigenvalue weighted by atomic mass is 9.80. The maximum Gasteiger partial charge on any atom is 0.387 e. The Bertz CT molecular complexity index is 535. The van der Waals surface area contributed by atoms with Gasteiger partial charge in [0, 0.05) is 6.42 Å². The molecule has 6 heteroatoms. The zero-order valence-corrected chi connectivity index (χ0v) is 14.3. The number of alkyl halides is 4. The molecule has 0 aliphatic heterocycles. The van der Waals surface area contributed by atoms with Gasteiger partial charge in [0.15, 0.2) is 0 Å². The minimum absolute atomic E-state index is 0.0107. The van der Waals surface area contributed by atoms with Crippen molar-refractivity contribution in [2.75, 3.05) is 0 Å². The van der Waals surface area contributed by atoms with Gasteiger partial charge in [-0.15, -0.1) is 0 Å². The molecule has 0 atom stereocenters. The van der Waals surface area contributed by atoms with Gasteiger partial charge < -0.3 is 9.47 Å². The highest BCUT2D eigenvalue weighted by atomic mass is 19.3. The van der Waals surface area contributed by atoms with E-state index in [0.717, 1.165) is 25.7 Å². The van der Waals surface area contributed by atoms with E-state index in [-0.39, 0.29) is 24.7 Å². The van der Waals surface area contributed by atoms with Crippen molar-refractivity contribution < 1.29 is 27.0 Å². The summed E-state index contributed by atoms with van der Waals surface area (Å²) in [6.07, 6.45) is 4.15. The van der Waals surface area contributed by atoms with Crippen LogP contribution in [0, 0.1) is 11.8 Å². The van der Waals surface area contributed by atoms with E-state index < -0.39 is 12.7 Å². The predicted octanol–water partition coefficient (Wildman–Crippen LogP) is 6.17. The minimum Gasteiger partial charge on any atom is -0.435 e. The van der Waals surface area contributed by atoms with Gasteiger partial charge in [0.25, 0.3) is 0 Å². The SMILES string of the molecule is CC=CC1CCC(CC(F)(F)OCc2ccc(OC(F)F)cc2)CC1. The topological polar surface area (TPSA) is 18.5 Å². The Hall–Kier alpha value is -1.56. The molecule has 1 aromatic carbocycles. The summed E-state index contributed by atoms with van der Waals surface area (Å²) in [5.74, 6) is 0.464. The molecule has 2 rings (SSSR count). The third-order valence-corrected chi connectivity index (χ3v) is 4.48. The van der Waals surface area contributed by atoms with E-state index in [0.29, 0.717) is 11.5 Å². The van der Waals surface area contributed by atoms with Crippen LogP contribution in [0.1, 0.15) is 44.6 Å². The molecule has 0 radical (unpaired) electrons. The first-order valence-electron chi connectivity index (χ1n) is 8.56. The third kappa shape index (κ3) is 7.06. The molecule has 2 nitrogen and oxygen atoms in total. The van der Waals surface area contributed by atoms with Crippen molar-refractivity contribution >= 4 is 0 Å². The third-order valence-electron chi connectivity index (χ3n) is 4.48. The molecule has 1 fully saturated rings. The monoisotopic (exact) mass is 360 g/mol. The van der Waals surface area contributed by atoms with E-state index in [4.69, 9.17) is 4.74 Å². The molecule has 25 heavy (non-hydrogen) atoms. The Morgan fingerprint density at radius 3 is 2.32 bits per heavy atom. The highest BCUT2D eigenvalue weighted by Crippen LogP contribution is 2.37. The van der Waals surface area contributed by atoms with Gasteiger partial charge in [-0.2, -0.15) is 17.6 Å². The van der Waals surface area contributed by atoms with E-state index in [1.807, 2.05) is 13.0 Å². The quantitative estimate of drug-likeness (QED) is 0.408.